The van der Waals surface area contributed by atoms with E-state index in [1.54, 1.807) is 6.08 Å². The molecule has 0 fully saturated rings. The first-order valence-electron chi connectivity index (χ1n) is 26.7. The lowest BCUT2D eigenvalue weighted by Gasteiger charge is -2.29. The zero-order valence-electron chi connectivity index (χ0n) is 41.8. The fourth-order valence-corrected chi connectivity index (χ4v) is 8.66. The number of amides is 1. The van der Waals surface area contributed by atoms with E-state index in [2.05, 4.69) is 31.3 Å². The third-order valence-electron chi connectivity index (χ3n) is 12.2. The molecule has 0 aliphatic heterocycles. The molecule has 0 aliphatic rings. The van der Waals surface area contributed by atoms with Crippen LogP contribution in [-0.2, 0) is 18.4 Å². The maximum absolute atomic E-state index is 12.9. The predicted octanol–water partition coefficient (Wildman–Crippen LogP) is 15.0. The molecule has 0 radical (unpaired) electrons. The van der Waals surface area contributed by atoms with Crippen LogP contribution < -0.4 is 10.2 Å². The van der Waals surface area contributed by atoms with Gasteiger partial charge in [-0.05, 0) is 32.1 Å². The maximum Gasteiger partial charge on any atom is 0.268 e. The molecule has 0 aromatic heterocycles. The van der Waals surface area contributed by atoms with Gasteiger partial charge in [0.2, 0.25) is 5.91 Å². The molecule has 0 aromatic rings. The number of phosphoric ester groups is 1. The van der Waals surface area contributed by atoms with Crippen LogP contribution in [0.2, 0.25) is 0 Å². The standard InChI is InChI=1S/C53H105N2O6P/c1-6-8-10-12-14-16-18-20-22-24-26-27-29-31-33-35-37-39-41-43-45-47-53(57)54-51(50-61-62(58,59)60-49-48-55(3,4)5)52(56)46-44-42-40-38-36-34-32-30-28-25-23-21-19-17-15-13-11-9-7-2/h36,38,44,46,51-52,56H,6-35,37,39-43,45,47-50H2,1-5H3,(H-,54,57,58,59)/b38-36+,46-44+. The zero-order valence-corrected chi connectivity index (χ0v) is 42.7. The van der Waals surface area contributed by atoms with Gasteiger partial charge in [0.05, 0.1) is 39.9 Å². The number of aliphatic hydroxyl groups is 1. The Morgan fingerprint density at radius 3 is 1.31 bits per heavy atom. The van der Waals surface area contributed by atoms with Gasteiger partial charge in [0, 0.05) is 6.42 Å². The lowest BCUT2D eigenvalue weighted by atomic mass is 10.0. The van der Waals surface area contributed by atoms with E-state index < -0.39 is 20.0 Å². The highest BCUT2D eigenvalue weighted by molar-refractivity contribution is 7.45. The maximum atomic E-state index is 12.9. The van der Waals surface area contributed by atoms with Crippen LogP contribution in [0.15, 0.2) is 24.3 Å². The first-order valence-corrected chi connectivity index (χ1v) is 28.2. The van der Waals surface area contributed by atoms with Crippen LogP contribution in [0.25, 0.3) is 0 Å². The lowest BCUT2D eigenvalue weighted by molar-refractivity contribution is -0.870. The molecule has 8 nitrogen and oxygen atoms in total. The minimum Gasteiger partial charge on any atom is -0.756 e. The molecule has 0 saturated heterocycles. The number of nitrogens with zero attached hydrogens (tertiary/aromatic N) is 1. The Labute approximate surface area is 385 Å². The highest BCUT2D eigenvalue weighted by atomic mass is 31.2. The number of hydrogen-bond donors (Lipinski definition) is 2. The van der Waals surface area contributed by atoms with Gasteiger partial charge in [0.15, 0.2) is 0 Å². The summed E-state index contributed by atoms with van der Waals surface area (Å²) in [4.78, 5) is 25.4. The van der Waals surface area contributed by atoms with Crippen LogP contribution in [0.1, 0.15) is 258 Å². The first-order chi connectivity index (χ1) is 30.0. The molecule has 0 saturated carbocycles. The topological polar surface area (TPSA) is 108 Å². The van der Waals surface area contributed by atoms with Gasteiger partial charge in [-0.2, -0.15) is 0 Å². The van der Waals surface area contributed by atoms with Crippen molar-refractivity contribution >= 4 is 13.7 Å². The largest absolute Gasteiger partial charge is 0.756 e. The molecule has 2 N–H and O–H groups in total. The fraction of sp³-hybridized carbons (Fsp3) is 0.906. The molecule has 0 bridgehead atoms. The number of rotatable bonds is 49. The monoisotopic (exact) mass is 897 g/mol. The van der Waals surface area contributed by atoms with E-state index in [-0.39, 0.29) is 19.1 Å². The number of allylic oxidation sites excluding steroid dienone is 3. The molecule has 0 aromatic carbocycles. The van der Waals surface area contributed by atoms with Gasteiger partial charge in [-0.1, -0.05) is 244 Å². The Bertz CT molecular complexity index is 1060. The van der Waals surface area contributed by atoms with Crippen molar-refractivity contribution in [3.63, 3.8) is 0 Å². The van der Waals surface area contributed by atoms with Crippen molar-refractivity contribution in [2.24, 2.45) is 0 Å². The summed E-state index contributed by atoms with van der Waals surface area (Å²) in [5, 5.41) is 13.8. The van der Waals surface area contributed by atoms with Crippen molar-refractivity contribution in [1.82, 2.24) is 5.32 Å². The number of unbranched alkanes of at least 4 members (excludes halogenated alkanes) is 34. The van der Waals surface area contributed by atoms with E-state index in [9.17, 15) is 19.4 Å². The number of quaternary nitrogens is 1. The second-order valence-corrected chi connectivity index (χ2v) is 21.0. The Hall–Kier alpha value is -1.02. The van der Waals surface area contributed by atoms with Crippen LogP contribution in [0.5, 0.6) is 0 Å². The Morgan fingerprint density at radius 2 is 0.903 bits per heavy atom. The molecule has 3 unspecified atom stereocenters. The van der Waals surface area contributed by atoms with Gasteiger partial charge < -0.3 is 28.8 Å². The van der Waals surface area contributed by atoms with E-state index in [1.165, 1.54) is 199 Å². The van der Waals surface area contributed by atoms with Crippen LogP contribution in [0, 0.1) is 0 Å². The molecule has 1 amide bonds. The third kappa shape index (κ3) is 47.0. The van der Waals surface area contributed by atoms with Gasteiger partial charge >= 0.3 is 0 Å². The molecule has 9 heteroatoms. The summed E-state index contributed by atoms with van der Waals surface area (Å²) in [6, 6.07) is -0.899. The highest BCUT2D eigenvalue weighted by Crippen LogP contribution is 2.38. The molecule has 0 spiro atoms. The third-order valence-corrected chi connectivity index (χ3v) is 13.1. The SMILES string of the molecule is CCCCCCCCCCCCCCC/C=C/CC/C=C/C(O)C(COP(=O)([O-])OCC[N+](C)(C)C)NC(=O)CCCCCCCCCCCCCCCCCCCCCCC. The quantitative estimate of drug-likeness (QED) is 0.0273. The minimum atomic E-state index is -4.60. The Morgan fingerprint density at radius 1 is 0.548 bits per heavy atom. The summed E-state index contributed by atoms with van der Waals surface area (Å²) < 4.78 is 23.3. The van der Waals surface area contributed by atoms with Crippen molar-refractivity contribution in [2.45, 2.75) is 270 Å². The van der Waals surface area contributed by atoms with E-state index in [0.29, 0.717) is 17.4 Å². The number of nitrogens with one attached hydrogen (secondary N) is 1. The summed E-state index contributed by atoms with van der Waals surface area (Å²) in [6.07, 6.45) is 55.3. The van der Waals surface area contributed by atoms with Crippen LogP contribution in [0.4, 0.5) is 0 Å². The molecule has 3 atom stereocenters. The van der Waals surface area contributed by atoms with Crippen molar-refractivity contribution in [1.29, 1.82) is 0 Å². The number of carbonyl (C=O) groups excluding carboxylic acids is 1. The average Bonchev–Trinajstić information content (AvgIpc) is 3.23. The number of likely N-dealkylation sites (N-methyl/N-ethyl adjacent to an activating group) is 1. The number of phosphoric acid groups is 1. The summed E-state index contributed by atoms with van der Waals surface area (Å²) in [6.45, 7) is 4.66. The lowest BCUT2D eigenvalue weighted by Crippen LogP contribution is -2.45. The predicted molar refractivity (Wildman–Crippen MR) is 265 cm³/mol. The van der Waals surface area contributed by atoms with Gasteiger partial charge in [-0.15, -0.1) is 0 Å². The smallest absolute Gasteiger partial charge is 0.268 e. The Balaban J connectivity index is 4.29. The van der Waals surface area contributed by atoms with E-state index in [0.717, 1.165) is 38.5 Å². The summed E-state index contributed by atoms with van der Waals surface area (Å²) in [5.41, 5.74) is 0. The van der Waals surface area contributed by atoms with E-state index in [1.807, 2.05) is 27.2 Å². The summed E-state index contributed by atoms with van der Waals surface area (Å²) >= 11 is 0. The fourth-order valence-electron chi connectivity index (χ4n) is 7.94. The molecule has 0 heterocycles. The van der Waals surface area contributed by atoms with Gasteiger partial charge in [-0.25, -0.2) is 0 Å². The molecule has 0 rings (SSSR count). The number of aliphatic hydroxyl groups excluding tert-OH is 1. The van der Waals surface area contributed by atoms with Crippen molar-refractivity contribution < 1.29 is 32.9 Å². The second-order valence-electron chi connectivity index (χ2n) is 19.6. The number of hydrogen-bond acceptors (Lipinski definition) is 6. The molecule has 368 valence electrons. The van der Waals surface area contributed by atoms with Crippen molar-refractivity contribution in [2.75, 3.05) is 40.9 Å². The van der Waals surface area contributed by atoms with Crippen molar-refractivity contribution in [3.8, 4) is 0 Å². The molecular weight excluding hydrogens is 792 g/mol. The van der Waals surface area contributed by atoms with E-state index in [4.69, 9.17) is 9.05 Å². The molecular formula is C53H105N2O6P. The molecule has 0 aliphatic carbocycles. The van der Waals surface area contributed by atoms with Crippen LogP contribution in [-0.4, -0.2) is 68.5 Å². The second kappa shape index (κ2) is 45.1. The van der Waals surface area contributed by atoms with Gasteiger partial charge in [0.1, 0.15) is 13.2 Å². The first kappa shape index (κ1) is 61.0. The van der Waals surface area contributed by atoms with Gasteiger partial charge in [-0.3, -0.25) is 9.36 Å². The Kier molecular flexibility index (Phi) is 44.4. The van der Waals surface area contributed by atoms with E-state index >= 15 is 0 Å². The normalized spacial score (nSPS) is 14.2. The molecule has 62 heavy (non-hydrogen) atoms. The van der Waals surface area contributed by atoms with Crippen LogP contribution in [0.3, 0.4) is 0 Å². The highest BCUT2D eigenvalue weighted by Gasteiger charge is 2.23. The van der Waals surface area contributed by atoms with Crippen LogP contribution >= 0.6 is 7.82 Å². The van der Waals surface area contributed by atoms with Gasteiger partial charge in [0.25, 0.3) is 7.82 Å². The zero-order chi connectivity index (χ0) is 45.7. The summed E-state index contributed by atoms with van der Waals surface area (Å²) in [7, 11) is 1.25. The number of carbonyl (C=O) groups is 1. The summed E-state index contributed by atoms with van der Waals surface area (Å²) in [5.74, 6) is -0.202. The minimum absolute atomic E-state index is 0.00386. The van der Waals surface area contributed by atoms with Crippen molar-refractivity contribution in [3.05, 3.63) is 24.3 Å². The average molecular weight is 897 g/mol.